The predicted molar refractivity (Wildman–Crippen MR) is 71.0 cm³/mol. The number of aryl methyl sites for hydroxylation is 1. The first-order valence-corrected chi connectivity index (χ1v) is 7.73. The van der Waals surface area contributed by atoms with Crippen molar-refractivity contribution in [1.29, 1.82) is 0 Å². The Morgan fingerprint density at radius 3 is 2.94 bits per heavy atom. The van der Waals surface area contributed by atoms with Gasteiger partial charge in [-0.3, -0.25) is 4.68 Å². The molecular formula is C11H18N2OS2. The van der Waals surface area contributed by atoms with Gasteiger partial charge in [0.05, 0.1) is 5.69 Å². The molecule has 1 N–H and O–H groups in total. The summed E-state index contributed by atoms with van der Waals surface area (Å²) >= 11 is 3.87. The van der Waals surface area contributed by atoms with Crippen LogP contribution >= 0.6 is 23.5 Å². The Bertz CT molecular complexity index is 342. The van der Waals surface area contributed by atoms with E-state index in [-0.39, 0.29) is 0 Å². The Kier molecular flexibility index (Phi) is 4.21. The Morgan fingerprint density at radius 2 is 2.31 bits per heavy atom. The second kappa shape index (κ2) is 5.47. The van der Waals surface area contributed by atoms with Crippen LogP contribution in [-0.4, -0.2) is 36.9 Å². The normalized spacial score (nSPS) is 27.9. The summed E-state index contributed by atoms with van der Waals surface area (Å²) in [4.78, 5) is 0. The predicted octanol–water partition coefficient (Wildman–Crippen LogP) is 2.08. The minimum absolute atomic E-state index is 0.290. The van der Waals surface area contributed by atoms with Gasteiger partial charge in [-0.15, -0.1) is 0 Å². The molecule has 16 heavy (non-hydrogen) atoms. The molecule has 0 radical (unpaired) electrons. The standard InChI is InChI=1S/C11H18N2OS2/c1-3-9-11(16-7-6-15-9)10(14)8-4-5-13(2)12-8/h4-5,9-11,14H,3,6-7H2,1-2H3. The molecule has 1 aromatic heterocycles. The van der Waals surface area contributed by atoms with Crippen molar-refractivity contribution in [2.45, 2.75) is 29.9 Å². The van der Waals surface area contributed by atoms with Crippen LogP contribution in [0.5, 0.6) is 0 Å². The lowest BCUT2D eigenvalue weighted by Crippen LogP contribution is -2.31. The summed E-state index contributed by atoms with van der Waals surface area (Å²) in [5.41, 5.74) is 0.806. The zero-order valence-corrected chi connectivity index (χ0v) is 11.3. The molecular weight excluding hydrogens is 240 g/mol. The zero-order valence-electron chi connectivity index (χ0n) is 9.67. The van der Waals surface area contributed by atoms with Crippen LogP contribution in [0.3, 0.4) is 0 Å². The highest BCUT2D eigenvalue weighted by Crippen LogP contribution is 2.39. The van der Waals surface area contributed by atoms with Gasteiger partial charge in [-0.1, -0.05) is 6.92 Å². The third-order valence-corrected chi connectivity index (χ3v) is 6.18. The molecule has 0 saturated carbocycles. The Hall–Kier alpha value is -0.130. The lowest BCUT2D eigenvalue weighted by atomic mass is 10.1. The minimum atomic E-state index is -0.427. The van der Waals surface area contributed by atoms with Crippen molar-refractivity contribution in [3.63, 3.8) is 0 Å². The van der Waals surface area contributed by atoms with Crippen LogP contribution in [0.15, 0.2) is 12.3 Å². The molecule has 0 bridgehead atoms. The largest absolute Gasteiger partial charge is 0.386 e. The number of hydrogen-bond donors (Lipinski definition) is 1. The smallest absolute Gasteiger partial charge is 0.111 e. The second-order valence-electron chi connectivity index (χ2n) is 4.01. The van der Waals surface area contributed by atoms with Crippen LogP contribution in [0.2, 0.25) is 0 Å². The maximum atomic E-state index is 10.4. The Balaban J connectivity index is 2.10. The number of nitrogens with zero attached hydrogens (tertiary/aromatic N) is 2. The van der Waals surface area contributed by atoms with E-state index in [0.717, 1.165) is 17.9 Å². The molecule has 2 heterocycles. The number of aliphatic hydroxyl groups excluding tert-OH is 1. The van der Waals surface area contributed by atoms with E-state index in [4.69, 9.17) is 0 Å². The summed E-state index contributed by atoms with van der Waals surface area (Å²) in [5, 5.41) is 15.5. The summed E-state index contributed by atoms with van der Waals surface area (Å²) < 4.78 is 1.75. The third kappa shape index (κ3) is 2.57. The molecule has 1 aliphatic rings. The summed E-state index contributed by atoms with van der Waals surface area (Å²) in [5.74, 6) is 2.34. The molecule has 3 atom stereocenters. The van der Waals surface area contributed by atoms with Gasteiger partial charge in [0.25, 0.3) is 0 Å². The molecule has 0 aliphatic carbocycles. The fraction of sp³-hybridized carbons (Fsp3) is 0.727. The lowest BCUT2D eigenvalue weighted by Gasteiger charge is -2.32. The number of aromatic nitrogens is 2. The van der Waals surface area contributed by atoms with Crippen LogP contribution in [-0.2, 0) is 7.05 Å². The summed E-state index contributed by atoms with van der Waals surface area (Å²) in [6, 6.07) is 1.91. The molecule has 2 rings (SSSR count). The van der Waals surface area contributed by atoms with Crippen molar-refractivity contribution in [3.8, 4) is 0 Å². The van der Waals surface area contributed by atoms with Gasteiger partial charge in [-0.05, 0) is 12.5 Å². The average Bonchev–Trinajstić information content (AvgIpc) is 2.75. The highest BCUT2D eigenvalue weighted by Gasteiger charge is 2.32. The van der Waals surface area contributed by atoms with Crippen molar-refractivity contribution in [2.24, 2.45) is 7.05 Å². The first kappa shape index (κ1) is 12.3. The Labute approximate surface area is 105 Å². The van der Waals surface area contributed by atoms with Gasteiger partial charge in [-0.2, -0.15) is 28.6 Å². The molecule has 0 aromatic carbocycles. The fourth-order valence-electron chi connectivity index (χ4n) is 1.99. The van der Waals surface area contributed by atoms with Gasteiger partial charge in [0.1, 0.15) is 6.10 Å². The van der Waals surface area contributed by atoms with E-state index in [2.05, 4.69) is 12.0 Å². The topological polar surface area (TPSA) is 38.0 Å². The van der Waals surface area contributed by atoms with Gasteiger partial charge < -0.3 is 5.11 Å². The van der Waals surface area contributed by atoms with Crippen molar-refractivity contribution in [2.75, 3.05) is 11.5 Å². The molecule has 3 unspecified atom stereocenters. The molecule has 0 spiro atoms. The molecule has 1 saturated heterocycles. The van der Waals surface area contributed by atoms with E-state index in [0.29, 0.717) is 10.5 Å². The molecule has 90 valence electrons. The van der Waals surface area contributed by atoms with Gasteiger partial charge >= 0.3 is 0 Å². The Morgan fingerprint density at radius 1 is 1.56 bits per heavy atom. The van der Waals surface area contributed by atoms with E-state index in [1.54, 1.807) is 4.68 Å². The fourth-order valence-corrected chi connectivity index (χ4v) is 5.11. The van der Waals surface area contributed by atoms with Crippen molar-refractivity contribution in [3.05, 3.63) is 18.0 Å². The van der Waals surface area contributed by atoms with Crippen LogP contribution in [0.1, 0.15) is 25.1 Å². The third-order valence-electron chi connectivity index (χ3n) is 2.84. The first-order valence-electron chi connectivity index (χ1n) is 5.63. The summed E-state index contributed by atoms with van der Waals surface area (Å²) in [6.07, 6.45) is 2.58. The molecule has 1 aliphatic heterocycles. The SMILES string of the molecule is CCC1SCCSC1C(O)c1ccn(C)n1. The molecule has 3 nitrogen and oxygen atoms in total. The number of hydrogen-bond acceptors (Lipinski definition) is 4. The quantitative estimate of drug-likeness (QED) is 0.901. The maximum Gasteiger partial charge on any atom is 0.111 e. The van der Waals surface area contributed by atoms with E-state index in [1.165, 1.54) is 5.75 Å². The van der Waals surface area contributed by atoms with E-state index in [9.17, 15) is 5.11 Å². The second-order valence-corrected chi connectivity index (χ2v) is 6.65. The number of thioether (sulfide) groups is 2. The molecule has 1 fully saturated rings. The van der Waals surface area contributed by atoms with Gasteiger partial charge in [0, 0.05) is 35.3 Å². The molecule has 1 aromatic rings. The van der Waals surface area contributed by atoms with Crippen molar-refractivity contribution < 1.29 is 5.11 Å². The van der Waals surface area contributed by atoms with Gasteiger partial charge in [0.2, 0.25) is 0 Å². The van der Waals surface area contributed by atoms with E-state index in [1.807, 2.05) is 42.8 Å². The zero-order chi connectivity index (χ0) is 11.5. The summed E-state index contributed by atoms with van der Waals surface area (Å²) in [6.45, 7) is 2.20. The highest BCUT2D eigenvalue weighted by atomic mass is 32.2. The molecule has 0 amide bonds. The van der Waals surface area contributed by atoms with Crippen LogP contribution in [0, 0.1) is 0 Å². The highest BCUT2D eigenvalue weighted by molar-refractivity contribution is 8.07. The monoisotopic (exact) mass is 258 g/mol. The lowest BCUT2D eigenvalue weighted by molar-refractivity contribution is 0.167. The maximum absolute atomic E-state index is 10.4. The first-order chi connectivity index (χ1) is 7.72. The van der Waals surface area contributed by atoms with Gasteiger partial charge in [-0.25, -0.2) is 0 Å². The average molecular weight is 258 g/mol. The number of rotatable bonds is 3. The van der Waals surface area contributed by atoms with Crippen molar-refractivity contribution in [1.82, 2.24) is 9.78 Å². The number of aliphatic hydroxyl groups is 1. The van der Waals surface area contributed by atoms with Crippen LogP contribution < -0.4 is 0 Å². The molecule has 5 heteroatoms. The van der Waals surface area contributed by atoms with Crippen LogP contribution in [0.4, 0.5) is 0 Å². The summed E-state index contributed by atoms with van der Waals surface area (Å²) in [7, 11) is 1.89. The van der Waals surface area contributed by atoms with Crippen LogP contribution in [0.25, 0.3) is 0 Å². The minimum Gasteiger partial charge on any atom is -0.386 e. The van der Waals surface area contributed by atoms with E-state index < -0.39 is 6.10 Å². The van der Waals surface area contributed by atoms with E-state index >= 15 is 0 Å². The van der Waals surface area contributed by atoms with Gasteiger partial charge in [0.15, 0.2) is 0 Å². The van der Waals surface area contributed by atoms with Crippen molar-refractivity contribution >= 4 is 23.5 Å².